The van der Waals surface area contributed by atoms with Crippen molar-refractivity contribution in [3.63, 3.8) is 0 Å². The van der Waals surface area contributed by atoms with Crippen LogP contribution in [0, 0.1) is 6.92 Å². The molecule has 7 heteroatoms. The first-order chi connectivity index (χ1) is 12.3. The summed E-state index contributed by atoms with van der Waals surface area (Å²) in [6, 6.07) is 6.04. The zero-order chi connectivity index (χ0) is 18.9. The summed E-state index contributed by atoms with van der Waals surface area (Å²) >= 11 is 0. The average molecular weight is 365 g/mol. The highest BCUT2D eigenvalue weighted by Gasteiger charge is 2.57. The summed E-state index contributed by atoms with van der Waals surface area (Å²) in [7, 11) is 1.66. The molecule has 3 rings (SSSR count). The molecule has 0 unspecified atom stereocenters. The largest absolute Gasteiger partial charge is 0.496 e. The van der Waals surface area contributed by atoms with E-state index in [-0.39, 0.29) is 18.5 Å². The van der Waals surface area contributed by atoms with Crippen molar-refractivity contribution in [2.24, 2.45) is 0 Å². The van der Waals surface area contributed by atoms with Crippen LogP contribution in [0.1, 0.15) is 38.3 Å². The summed E-state index contributed by atoms with van der Waals surface area (Å²) in [6.45, 7) is 7.10. The van der Waals surface area contributed by atoms with E-state index in [4.69, 9.17) is 23.7 Å². The third-order valence-electron chi connectivity index (χ3n) is 4.80. The second kappa shape index (κ2) is 7.52. The molecule has 2 heterocycles. The lowest BCUT2D eigenvalue weighted by Crippen LogP contribution is -2.73. The van der Waals surface area contributed by atoms with Gasteiger partial charge in [0.05, 0.1) is 7.11 Å². The normalized spacial score (nSPS) is 29.9. The molecule has 0 spiro atoms. The van der Waals surface area contributed by atoms with Gasteiger partial charge in [0.15, 0.2) is 25.2 Å². The molecule has 0 radical (unpaired) electrons. The Hall–Kier alpha value is -1.67. The first-order valence-corrected chi connectivity index (χ1v) is 8.88. The zero-order valence-corrected chi connectivity index (χ0v) is 15.9. The summed E-state index contributed by atoms with van der Waals surface area (Å²) in [5.41, 5.74) is 1.28. The number of aryl methyl sites for hydroxylation is 2. The molecule has 1 aromatic carbocycles. The molecule has 2 aliphatic heterocycles. The number of methoxy groups -OCH3 is 1. The lowest BCUT2D eigenvalue weighted by atomic mass is 9.87. The molecule has 0 bridgehead atoms. The van der Waals surface area contributed by atoms with Crippen molar-refractivity contribution in [1.82, 2.24) is 5.32 Å². The van der Waals surface area contributed by atoms with Crippen LogP contribution in [-0.2, 0) is 30.2 Å². The fourth-order valence-corrected chi connectivity index (χ4v) is 3.50. The molecular weight excluding hydrogens is 338 g/mol. The van der Waals surface area contributed by atoms with Crippen molar-refractivity contribution in [3.05, 3.63) is 29.3 Å². The van der Waals surface area contributed by atoms with Crippen LogP contribution < -0.4 is 10.1 Å². The number of rotatable bonds is 7. The van der Waals surface area contributed by atoms with Gasteiger partial charge in [0.2, 0.25) is 5.91 Å². The van der Waals surface area contributed by atoms with Gasteiger partial charge < -0.3 is 29.0 Å². The number of benzene rings is 1. The van der Waals surface area contributed by atoms with Gasteiger partial charge in [-0.2, -0.15) is 0 Å². The van der Waals surface area contributed by atoms with Gasteiger partial charge in [-0.3, -0.25) is 4.79 Å². The van der Waals surface area contributed by atoms with Gasteiger partial charge in [0, 0.05) is 6.92 Å². The van der Waals surface area contributed by atoms with Crippen molar-refractivity contribution >= 4 is 5.91 Å². The Morgan fingerprint density at radius 2 is 1.73 bits per heavy atom. The van der Waals surface area contributed by atoms with E-state index in [0.29, 0.717) is 12.8 Å². The quantitative estimate of drug-likeness (QED) is 0.799. The molecule has 2 fully saturated rings. The smallest absolute Gasteiger partial charge is 0.217 e. The fourth-order valence-electron chi connectivity index (χ4n) is 3.50. The predicted molar refractivity (Wildman–Crippen MR) is 93.4 cm³/mol. The maximum atomic E-state index is 11.9. The third kappa shape index (κ3) is 3.71. The highest BCUT2D eigenvalue weighted by atomic mass is 16.9. The Morgan fingerprint density at radius 3 is 2.15 bits per heavy atom. The Kier molecular flexibility index (Phi) is 5.53. The van der Waals surface area contributed by atoms with Crippen LogP contribution in [0.2, 0.25) is 0 Å². The number of ether oxygens (including phenoxy) is 5. The van der Waals surface area contributed by atoms with E-state index in [1.54, 1.807) is 7.11 Å². The van der Waals surface area contributed by atoms with Crippen molar-refractivity contribution < 1.29 is 28.5 Å². The minimum atomic E-state index is -0.904. The van der Waals surface area contributed by atoms with E-state index in [1.165, 1.54) is 6.92 Å². The Labute approximate surface area is 153 Å². The van der Waals surface area contributed by atoms with Crippen LogP contribution in [0.25, 0.3) is 0 Å². The lowest BCUT2D eigenvalue weighted by Gasteiger charge is -2.54. The minimum Gasteiger partial charge on any atom is -0.496 e. The number of carbonyl (C=O) groups is 1. The molecule has 0 aliphatic carbocycles. The van der Waals surface area contributed by atoms with Gasteiger partial charge in [-0.05, 0) is 50.8 Å². The van der Waals surface area contributed by atoms with Crippen LogP contribution in [0.5, 0.6) is 5.75 Å². The van der Waals surface area contributed by atoms with Crippen molar-refractivity contribution in [3.8, 4) is 5.75 Å². The molecule has 0 saturated carbocycles. The summed E-state index contributed by atoms with van der Waals surface area (Å²) in [6.07, 6.45) is -0.604. The molecule has 0 atom stereocenters. The first kappa shape index (κ1) is 19.1. The van der Waals surface area contributed by atoms with Gasteiger partial charge >= 0.3 is 0 Å². The molecule has 0 aromatic heterocycles. The van der Waals surface area contributed by atoms with Crippen molar-refractivity contribution in [2.45, 2.75) is 71.2 Å². The molecular formula is C19H27NO6. The second-order valence-electron chi connectivity index (χ2n) is 6.87. The van der Waals surface area contributed by atoms with E-state index >= 15 is 0 Å². The van der Waals surface area contributed by atoms with Crippen molar-refractivity contribution in [2.75, 3.05) is 7.11 Å². The molecule has 1 N–H and O–H groups in total. The van der Waals surface area contributed by atoms with Gasteiger partial charge in [0.25, 0.3) is 0 Å². The SMILES string of the molecule is COc1ccc(CCC(NC(C)=O)(C2OC(C)O2)C2OC(C)O2)cc1C. The maximum absolute atomic E-state index is 11.9. The van der Waals surface area contributed by atoms with Gasteiger partial charge in [0.1, 0.15) is 11.3 Å². The monoisotopic (exact) mass is 365 g/mol. The van der Waals surface area contributed by atoms with E-state index in [0.717, 1.165) is 16.9 Å². The third-order valence-corrected chi connectivity index (χ3v) is 4.80. The number of carbonyl (C=O) groups excluding carboxylic acids is 1. The number of hydrogen-bond donors (Lipinski definition) is 1. The summed E-state index contributed by atoms with van der Waals surface area (Å²) in [5.74, 6) is 0.662. The Balaban J connectivity index is 1.80. The van der Waals surface area contributed by atoms with Gasteiger partial charge in [-0.1, -0.05) is 12.1 Å². The van der Waals surface area contributed by atoms with Crippen molar-refractivity contribution in [1.29, 1.82) is 0 Å². The Morgan fingerprint density at radius 1 is 1.15 bits per heavy atom. The van der Waals surface area contributed by atoms with Crippen LogP contribution in [0.4, 0.5) is 0 Å². The first-order valence-electron chi connectivity index (χ1n) is 8.88. The lowest BCUT2D eigenvalue weighted by molar-refractivity contribution is -0.462. The van der Waals surface area contributed by atoms with E-state index in [2.05, 4.69) is 11.4 Å². The second-order valence-corrected chi connectivity index (χ2v) is 6.87. The van der Waals surface area contributed by atoms with Crippen LogP contribution in [0.15, 0.2) is 18.2 Å². The standard InChI is InChI=1S/C19H27NO6/c1-11-10-15(6-7-16(11)22-5)8-9-19(20-12(2)21,17-23-13(3)24-17)18-25-14(4)26-18/h6-7,10,13-14,17-18H,8-9H2,1-5H3,(H,20,21). The zero-order valence-electron chi connectivity index (χ0n) is 15.9. The molecule has 7 nitrogen and oxygen atoms in total. The maximum Gasteiger partial charge on any atom is 0.217 e. The Bertz CT molecular complexity index is 633. The number of nitrogens with one attached hydrogen (secondary N) is 1. The molecule has 2 saturated heterocycles. The average Bonchev–Trinajstić information content (AvgIpc) is 2.53. The van der Waals surface area contributed by atoms with Crippen LogP contribution in [0.3, 0.4) is 0 Å². The summed E-state index contributed by atoms with van der Waals surface area (Å²) in [4.78, 5) is 11.9. The predicted octanol–water partition coefficient (Wildman–Crippen LogP) is 2.25. The number of hydrogen-bond acceptors (Lipinski definition) is 6. The fraction of sp³-hybridized carbons (Fsp3) is 0.632. The van der Waals surface area contributed by atoms with Gasteiger partial charge in [-0.25, -0.2) is 0 Å². The van der Waals surface area contributed by atoms with E-state index in [1.807, 2.05) is 32.9 Å². The summed E-state index contributed by atoms with van der Waals surface area (Å²) < 4.78 is 28.2. The van der Waals surface area contributed by atoms with E-state index < -0.39 is 18.1 Å². The number of amides is 1. The van der Waals surface area contributed by atoms with Crippen LogP contribution >= 0.6 is 0 Å². The highest BCUT2D eigenvalue weighted by molar-refractivity contribution is 5.74. The molecule has 2 aliphatic rings. The minimum absolute atomic E-state index is 0.186. The van der Waals surface area contributed by atoms with E-state index in [9.17, 15) is 4.79 Å². The van der Waals surface area contributed by atoms with Gasteiger partial charge in [-0.15, -0.1) is 0 Å². The van der Waals surface area contributed by atoms with Crippen LogP contribution in [-0.4, -0.2) is 43.7 Å². The summed E-state index contributed by atoms with van der Waals surface area (Å²) in [5, 5.41) is 2.98. The molecule has 1 aromatic rings. The topological polar surface area (TPSA) is 75.3 Å². The highest BCUT2D eigenvalue weighted by Crippen LogP contribution is 2.39. The molecule has 1 amide bonds. The molecule has 144 valence electrons. The molecule has 26 heavy (non-hydrogen) atoms.